The second-order valence-corrected chi connectivity index (χ2v) is 4.43. The standard InChI is InChI=1S/C13H23N3O/c1-9(8-14-4)13-10(2)15-12(6-7-17-5)16-11(13)3/h9,14H,6-8H2,1-5H3. The van der Waals surface area contributed by atoms with Crippen LogP contribution in [0, 0.1) is 13.8 Å². The number of rotatable bonds is 6. The highest BCUT2D eigenvalue weighted by atomic mass is 16.5. The monoisotopic (exact) mass is 237 g/mol. The summed E-state index contributed by atoms with van der Waals surface area (Å²) in [4.78, 5) is 9.11. The van der Waals surface area contributed by atoms with E-state index in [1.165, 1.54) is 5.56 Å². The molecule has 0 aliphatic carbocycles. The van der Waals surface area contributed by atoms with Gasteiger partial charge in [0.25, 0.3) is 0 Å². The number of nitrogens with one attached hydrogen (secondary N) is 1. The smallest absolute Gasteiger partial charge is 0.131 e. The van der Waals surface area contributed by atoms with Crippen molar-refractivity contribution in [2.45, 2.75) is 33.1 Å². The maximum absolute atomic E-state index is 5.05. The van der Waals surface area contributed by atoms with E-state index in [0.717, 1.165) is 30.2 Å². The fourth-order valence-electron chi connectivity index (χ4n) is 2.22. The Bertz CT molecular complexity index is 343. The molecule has 96 valence electrons. The van der Waals surface area contributed by atoms with Crippen molar-refractivity contribution in [2.75, 3.05) is 27.3 Å². The molecule has 1 heterocycles. The van der Waals surface area contributed by atoms with E-state index in [9.17, 15) is 0 Å². The van der Waals surface area contributed by atoms with Crippen LogP contribution in [-0.2, 0) is 11.2 Å². The SMILES string of the molecule is CNCC(C)c1c(C)nc(CCOC)nc1C. The summed E-state index contributed by atoms with van der Waals surface area (Å²) >= 11 is 0. The first kappa shape index (κ1) is 14.1. The van der Waals surface area contributed by atoms with Gasteiger partial charge in [0.05, 0.1) is 6.61 Å². The molecule has 0 bridgehead atoms. The molecule has 1 aromatic rings. The molecular formula is C13H23N3O. The van der Waals surface area contributed by atoms with Crippen LogP contribution in [0.1, 0.15) is 35.6 Å². The van der Waals surface area contributed by atoms with Gasteiger partial charge in [-0.2, -0.15) is 0 Å². The Labute approximate surface area is 104 Å². The predicted molar refractivity (Wildman–Crippen MR) is 69.4 cm³/mol. The lowest BCUT2D eigenvalue weighted by molar-refractivity contribution is 0.200. The Morgan fingerprint density at radius 3 is 2.29 bits per heavy atom. The molecular weight excluding hydrogens is 214 g/mol. The van der Waals surface area contributed by atoms with E-state index in [-0.39, 0.29) is 0 Å². The van der Waals surface area contributed by atoms with Crippen LogP contribution in [0.25, 0.3) is 0 Å². The number of methoxy groups -OCH3 is 1. The highest BCUT2D eigenvalue weighted by molar-refractivity contribution is 5.28. The van der Waals surface area contributed by atoms with Crippen molar-refractivity contribution in [1.29, 1.82) is 0 Å². The number of hydrogen-bond acceptors (Lipinski definition) is 4. The lowest BCUT2D eigenvalue weighted by Gasteiger charge is -2.17. The van der Waals surface area contributed by atoms with Gasteiger partial charge in [-0.05, 0) is 32.4 Å². The molecule has 1 N–H and O–H groups in total. The topological polar surface area (TPSA) is 47.0 Å². The van der Waals surface area contributed by atoms with Crippen molar-refractivity contribution in [3.63, 3.8) is 0 Å². The average molecular weight is 237 g/mol. The molecule has 0 aliphatic rings. The van der Waals surface area contributed by atoms with Crippen molar-refractivity contribution in [1.82, 2.24) is 15.3 Å². The minimum absolute atomic E-state index is 0.441. The third-order valence-electron chi connectivity index (χ3n) is 2.91. The fraction of sp³-hybridized carbons (Fsp3) is 0.692. The Hall–Kier alpha value is -1.00. The summed E-state index contributed by atoms with van der Waals surface area (Å²) in [6, 6.07) is 0. The molecule has 0 saturated heterocycles. The summed E-state index contributed by atoms with van der Waals surface area (Å²) in [5.41, 5.74) is 3.44. The molecule has 0 spiro atoms. The molecule has 0 aliphatic heterocycles. The summed E-state index contributed by atoms with van der Waals surface area (Å²) < 4.78 is 5.05. The summed E-state index contributed by atoms with van der Waals surface area (Å²) in [5, 5.41) is 3.19. The zero-order valence-electron chi connectivity index (χ0n) is 11.5. The number of aryl methyl sites for hydroxylation is 2. The molecule has 1 rings (SSSR count). The van der Waals surface area contributed by atoms with Gasteiger partial charge in [0.2, 0.25) is 0 Å². The van der Waals surface area contributed by atoms with Gasteiger partial charge in [-0.25, -0.2) is 9.97 Å². The molecule has 0 fully saturated rings. The van der Waals surface area contributed by atoms with Crippen LogP contribution in [0.5, 0.6) is 0 Å². The lowest BCUT2D eigenvalue weighted by Crippen LogP contribution is -2.18. The van der Waals surface area contributed by atoms with Gasteiger partial charge in [0.1, 0.15) is 5.82 Å². The van der Waals surface area contributed by atoms with Crippen LogP contribution in [0.15, 0.2) is 0 Å². The van der Waals surface area contributed by atoms with Crippen molar-refractivity contribution >= 4 is 0 Å². The largest absolute Gasteiger partial charge is 0.384 e. The van der Waals surface area contributed by atoms with E-state index in [1.807, 2.05) is 7.05 Å². The Morgan fingerprint density at radius 1 is 1.24 bits per heavy atom. The molecule has 0 saturated carbocycles. The Morgan fingerprint density at radius 2 is 1.82 bits per heavy atom. The van der Waals surface area contributed by atoms with Gasteiger partial charge in [0, 0.05) is 31.5 Å². The molecule has 4 heteroatoms. The molecule has 1 aromatic heterocycles. The zero-order chi connectivity index (χ0) is 12.8. The van der Waals surface area contributed by atoms with E-state index in [4.69, 9.17) is 4.74 Å². The molecule has 0 radical (unpaired) electrons. The fourth-order valence-corrected chi connectivity index (χ4v) is 2.22. The molecule has 17 heavy (non-hydrogen) atoms. The van der Waals surface area contributed by atoms with Gasteiger partial charge in [-0.3, -0.25) is 0 Å². The van der Waals surface area contributed by atoms with E-state index < -0.39 is 0 Å². The quantitative estimate of drug-likeness (QED) is 0.816. The van der Waals surface area contributed by atoms with Crippen molar-refractivity contribution in [3.05, 3.63) is 22.8 Å². The Kier molecular flexibility index (Phi) is 5.51. The van der Waals surface area contributed by atoms with Crippen molar-refractivity contribution in [3.8, 4) is 0 Å². The summed E-state index contributed by atoms with van der Waals surface area (Å²) in [5.74, 6) is 1.32. The molecule has 4 nitrogen and oxygen atoms in total. The predicted octanol–water partition coefficient (Wildman–Crippen LogP) is 1.61. The maximum Gasteiger partial charge on any atom is 0.131 e. The molecule has 0 aromatic carbocycles. The normalized spacial score (nSPS) is 12.8. The number of hydrogen-bond donors (Lipinski definition) is 1. The van der Waals surface area contributed by atoms with Gasteiger partial charge in [-0.1, -0.05) is 6.92 Å². The lowest BCUT2D eigenvalue weighted by atomic mass is 9.98. The van der Waals surface area contributed by atoms with E-state index in [2.05, 4.69) is 36.1 Å². The van der Waals surface area contributed by atoms with Gasteiger partial charge < -0.3 is 10.1 Å². The van der Waals surface area contributed by atoms with E-state index in [1.54, 1.807) is 7.11 Å². The second-order valence-electron chi connectivity index (χ2n) is 4.43. The maximum atomic E-state index is 5.05. The number of ether oxygens (including phenoxy) is 1. The first-order chi connectivity index (χ1) is 8.10. The number of nitrogens with zero attached hydrogens (tertiary/aromatic N) is 2. The zero-order valence-corrected chi connectivity index (χ0v) is 11.5. The van der Waals surface area contributed by atoms with Gasteiger partial charge >= 0.3 is 0 Å². The molecule has 1 atom stereocenters. The molecule has 1 unspecified atom stereocenters. The third kappa shape index (κ3) is 3.75. The number of aromatic nitrogens is 2. The van der Waals surface area contributed by atoms with Crippen molar-refractivity contribution in [2.24, 2.45) is 0 Å². The van der Waals surface area contributed by atoms with Gasteiger partial charge in [0.15, 0.2) is 0 Å². The highest BCUT2D eigenvalue weighted by Crippen LogP contribution is 2.20. The van der Waals surface area contributed by atoms with E-state index in [0.29, 0.717) is 12.5 Å². The number of likely N-dealkylation sites (N-methyl/N-ethyl adjacent to an activating group) is 1. The van der Waals surface area contributed by atoms with Crippen LogP contribution in [0.2, 0.25) is 0 Å². The summed E-state index contributed by atoms with van der Waals surface area (Å²) in [7, 11) is 3.66. The second kappa shape index (κ2) is 6.67. The van der Waals surface area contributed by atoms with Crippen molar-refractivity contribution < 1.29 is 4.74 Å². The first-order valence-electron chi connectivity index (χ1n) is 6.07. The first-order valence-corrected chi connectivity index (χ1v) is 6.07. The summed E-state index contributed by atoms with van der Waals surface area (Å²) in [6.07, 6.45) is 0.777. The molecule has 0 amide bonds. The van der Waals surface area contributed by atoms with Crippen LogP contribution >= 0.6 is 0 Å². The minimum atomic E-state index is 0.441. The van der Waals surface area contributed by atoms with Crippen LogP contribution in [0.4, 0.5) is 0 Å². The highest BCUT2D eigenvalue weighted by Gasteiger charge is 2.14. The summed E-state index contributed by atoms with van der Waals surface area (Å²) in [6.45, 7) is 7.94. The van der Waals surface area contributed by atoms with Crippen LogP contribution in [-0.4, -0.2) is 37.3 Å². The third-order valence-corrected chi connectivity index (χ3v) is 2.91. The van der Waals surface area contributed by atoms with Crippen LogP contribution in [0.3, 0.4) is 0 Å². The van der Waals surface area contributed by atoms with Crippen LogP contribution < -0.4 is 5.32 Å². The average Bonchev–Trinajstić information content (AvgIpc) is 2.25. The minimum Gasteiger partial charge on any atom is -0.384 e. The van der Waals surface area contributed by atoms with Gasteiger partial charge in [-0.15, -0.1) is 0 Å². The van der Waals surface area contributed by atoms with E-state index >= 15 is 0 Å². The Balaban J connectivity index is 2.93.